The molecule has 2 fully saturated rings. The molecule has 2 aliphatic rings. The number of amides is 3. The highest BCUT2D eigenvalue weighted by Crippen LogP contribution is 2.37. The Balaban J connectivity index is 2.03. The number of urea groups is 1. The average molecular weight is 413 g/mol. The lowest BCUT2D eigenvalue weighted by Crippen LogP contribution is -2.46. The summed E-state index contributed by atoms with van der Waals surface area (Å²) in [5.74, 6) is 0.0338. The van der Waals surface area contributed by atoms with Crippen molar-refractivity contribution in [1.82, 2.24) is 9.80 Å². The van der Waals surface area contributed by atoms with Gasteiger partial charge in [-0.2, -0.15) is 0 Å². The lowest BCUT2D eigenvalue weighted by Gasteiger charge is -2.37. The molecule has 1 saturated heterocycles. The van der Waals surface area contributed by atoms with Crippen LogP contribution in [0.15, 0.2) is 0 Å². The molecule has 0 radical (unpaired) electrons. The molecule has 0 aromatic rings. The van der Waals surface area contributed by atoms with Crippen molar-refractivity contribution in [2.45, 2.75) is 71.3 Å². The smallest absolute Gasteiger partial charge is 0.329 e. The summed E-state index contributed by atoms with van der Waals surface area (Å²) in [6, 6.07) is 0.0739. The normalized spacial score (nSPS) is 23.0. The van der Waals surface area contributed by atoms with Gasteiger partial charge in [0.1, 0.15) is 18.6 Å². The molecule has 1 atom stereocenters. The number of ketones is 1. The van der Waals surface area contributed by atoms with E-state index in [0.29, 0.717) is 32.6 Å². The molecule has 8 heteroatoms. The molecule has 1 saturated carbocycles. The predicted molar refractivity (Wildman–Crippen MR) is 110 cm³/mol. The summed E-state index contributed by atoms with van der Waals surface area (Å²) in [6.45, 7) is 12.5. The van der Waals surface area contributed by atoms with Crippen LogP contribution < -0.4 is 0 Å². The van der Waals surface area contributed by atoms with Crippen LogP contribution in [0.3, 0.4) is 0 Å². The predicted octanol–water partition coefficient (Wildman–Crippen LogP) is 3.12. The van der Waals surface area contributed by atoms with Crippen molar-refractivity contribution in [2.75, 3.05) is 33.1 Å². The second-order valence-corrected chi connectivity index (χ2v) is 15.2. The van der Waals surface area contributed by atoms with Crippen molar-refractivity contribution >= 4 is 25.8 Å². The lowest BCUT2D eigenvalue weighted by atomic mass is 9.75. The van der Waals surface area contributed by atoms with E-state index in [0.717, 1.165) is 18.9 Å². The van der Waals surface area contributed by atoms with E-state index in [9.17, 15) is 14.4 Å². The SMILES string of the molecule is CCOCC1C(=O)N(COCC[Si](C)(C)C)C(=O)N1CC1(C)CCC(=O)CC1. The number of carbonyl (C=O) groups is 3. The fourth-order valence-electron chi connectivity index (χ4n) is 3.62. The van der Waals surface area contributed by atoms with Crippen LogP contribution in [-0.4, -0.2) is 74.7 Å². The molecule has 0 spiro atoms. The largest absolute Gasteiger partial charge is 0.379 e. The fraction of sp³-hybridized carbons (Fsp3) is 0.850. The summed E-state index contributed by atoms with van der Waals surface area (Å²) < 4.78 is 11.2. The van der Waals surface area contributed by atoms with Crippen molar-refractivity contribution in [3.05, 3.63) is 0 Å². The molecule has 3 amide bonds. The number of nitrogens with zero attached hydrogens (tertiary/aromatic N) is 2. The number of imide groups is 1. The molecule has 7 nitrogen and oxygen atoms in total. The average Bonchev–Trinajstić information content (AvgIpc) is 2.82. The lowest BCUT2D eigenvalue weighted by molar-refractivity contribution is -0.133. The van der Waals surface area contributed by atoms with E-state index in [-0.39, 0.29) is 36.5 Å². The Labute approximate surface area is 169 Å². The zero-order chi connectivity index (χ0) is 20.9. The molecular weight excluding hydrogens is 376 g/mol. The number of hydrogen-bond donors (Lipinski definition) is 0. The van der Waals surface area contributed by atoms with Crippen LogP contribution in [0.2, 0.25) is 25.7 Å². The molecule has 1 heterocycles. The summed E-state index contributed by atoms with van der Waals surface area (Å²) >= 11 is 0. The Hall–Kier alpha value is -1.25. The second-order valence-electron chi connectivity index (χ2n) is 9.55. The maximum Gasteiger partial charge on any atom is 0.329 e. The fourth-order valence-corrected chi connectivity index (χ4v) is 4.38. The van der Waals surface area contributed by atoms with Gasteiger partial charge < -0.3 is 14.4 Å². The minimum absolute atomic E-state index is 0.00350. The van der Waals surface area contributed by atoms with Gasteiger partial charge in [0, 0.05) is 40.7 Å². The molecule has 0 aromatic heterocycles. The number of Topliss-reactive ketones (excluding diaryl/α,β-unsaturated/α-hetero) is 1. The van der Waals surface area contributed by atoms with E-state index in [4.69, 9.17) is 9.47 Å². The molecule has 0 aromatic carbocycles. The maximum absolute atomic E-state index is 13.0. The number of rotatable bonds is 10. The monoisotopic (exact) mass is 412 g/mol. The van der Waals surface area contributed by atoms with E-state index >= 15 is 0 Å². The van der Waals surface area contributed by atoms with Crippen molar-refractivity contribution in [3.63, 3.8) is 0 Å². The van der Waals surface area contributed by atoms with Crippen LogP contribution in [0.5, 0.6) is 0 Å². The van der Waals surface area contributed by atoms with Crippen LogP contribution in [0, 0.1) is 5.41 Å². The minimum atomic E-state index is -1.23. The topological polar surface area (TPSA) is 76.2 Å². The standard InChI is InChI=1S/C20H36N2O5Si/c1-6-26-13-17-18(24)22(15-27-11-12-28(3,4)5)19(25)21(17)14-20(2)9-7-16(23)8-10-20/h17H,6-15H2,1-5H3. The molecule has 2 rings (SSSR count). The quantitative estimate of drug-likeness (QED) is 0.313. The Morgan fingerprint density at radius 2 is 1.75 bits per heavy atom. The van der Waals surface area contributed by atoms with Gasteiger partial charge in [-0.05, 0) is 31.2 Å². The van der Waals surface area contributed by atoms with Crippen molar-refractivity contribution in [3.8, 4) is 0 Å². The highest BCUT2D eigenvalue weighted by Gasteiger charge is 2.48. The van der Waals surface area contributed by atoms with Crippen LogP contribution in [0.1, 0.15) is 39.5 Å². The summed E-state index contributed by atoms with van der Waals surface area (Å²) in [4.78, 5) is 40.3. The third kappa shape index (κ3) is 6.12. The van der Waals surface area contributed by atoms with Crippen LogP contribution >= 0.6 is 0 Å². The Bertz CT molecular complexity index is 580. The summed E-state index contributed by atoms with van der Waals surface area (Å²) in [5, 5.41) is 0. The second kappa shape index (κ2) is 9.50. The molecule has 160 valence electrons. The zero-order valence-electron chi connectivity index (χ0n) is 18.1. The molecule has 28 heavy (non-hydrogen) atoms. The molecule has 0 bridgehead atoms. The van der Waals surface area contributed by atoms with Crippen LogP contribution in [0.25, 0.3) is 0 Å². The highest BCUT2D eigenvalue weighted by atomic mass is 28.3. The molecule has 1 aliphatic heterocycles. The van der Waals surface area contributed by atoms with E-state index < -0.39 is 14.1 Å². The van der Waals surface area contributed by atoms with Gasteiger partial charge in [-0.15, -0.1) is 0 Å². The van der Waals surface area contributed by atoms with Gasteiger partial charge in [0.15, 0.2) is 0 Å². The van der Waals surface area contributed by atoms with Crippen molar-refractivity contribution in [2.24, 2.45) is 5.41 Å². The van der Waals surface area contributed by atoms with Gasteiger partial charge in [-0.25, -0.2) is 9.69 Å². The first-order valence-corrected chi connectivity index (χ1v) is 14.1. The summed E-state index contributed by atoms with van der Waals surface area (Å²) in [6.07, 6.45) is 2.59. The van der Waals surface area contributed by atoms with E-state index in [1.165, 1.54) is 4.90 Å². The Kier molecular flexibility index (Phi) is 7.81. The third-order valence-corrected chi connectivity index (χ3v) is 7.37. The third-order valence-electron chi connectivity index (χ3n) is 5.67. The highest BCUT2D eigenvalue weighted by molar-refractivity contribution is 6.76. The van der Waals surface area contributed by atoms with Crippen LogP contribution in [0.4, 0.5) is 4.79 Å². The van der Waals surface area contributed by atoms with Crippen molar-refractivity contribution in [1.29, 1.82) is 0 Å². The van der Waals surface area contributed by atoms with E-state index in [2.05, 4.69) is 26.6 Å². The zero-order valence-corrected chi connectivity index (χ0v) is 19.1. The van der Waals surface area contributed by atoms with Gasteiger partial charge in [-0.3, -0.25) is 9.59 Å². The first-order chi connectivity index (χ1) is 13.1. The van der Waals surface area contributed by atoms with Gasteiger partial charge in [-0.1, -0.05) is 26.6 Å². The van der Waals surface area contributed by atoms with E-state index in [1.54, 1.807) is 4.90 Å². The first kappa shape index (κ1) is 23.0. The summed E-state index contributed by atoms with van der Waals surface area (Å²) in [7, 11) is -1.23. The number of hydrogen-bond acceptors (Lipinski definition) is 5. The molecule has 1 aliphatic carbocycles. The molecule has 1 unspecified atom stereocenters. The van der Waals surface area contributed by atoms with Gasteiger partial charge in [0.2, 0.25) is 0 Å². The molecule has 0 N–H and O–H groups in total. The molecular formula is C20H36N2O5Si. The Morgan fingerprint density at radius 1 is 1.11 bits per heavy atom. The van der Waals surface area contributed by atoms with Gasteiger partial charge >= 0.3 is 6.03 Å². The van der Waals surface area contributed by atoms with E-state index in [1.807, 2.05) is 6.92 Å². The minimum Gasteiger partial charge on any atom is -0.379 e. The van der Waals surface area contributed by atoms with Gasteiger partial charge in [0.25, 0.3) is 5.91 Å². The number of carbonyl (C=O) groups excluding carboxylic acids is 3. The van der Waals surface area contributed by atoms with Crippen LogP contribution in [-0.2, 0) is 19.1 Å². The Morgan fingerprint density at radius 3 is 2.32 bits per heavy atom. The van der Waals surface area contributed by atoms with Crippen molar-refractivity contribution < 1.29 is 23.9 Å². The summed E-state index contributed by atoms with van der Waals surface area (Å²) in [5.41, 5.74) is -0.150. The van der Waals surface area contributed by atoms with Gasteiger partial charge in [0.05, 0.1) is 6.61 Å². The maximum atomic E-state index is 13.0. The number of ether oxygens (including phenoxy) is 2. The first-order valence-electron chi connectivity index (χ1n) is 10.4.